The predicted octanol–water partition coefficient (Wildman–Crippen LogP) is 3.78. The van der Waals surface area contributed by atoms with Gasteiger partial charge in [0.05, 0.1) is 11.9 Å². The molecule has 0 aliphatic rings. The molecule has 0 aliphatic heterocycles. The monoisotopic (exact) mass is 411 g/mol. The summed E-state index contributed by atoms with van der Waals surface area (Å²) in [6.07, 6.45) is 3.30. The highest BCUT2D eigenvalue weighted by Gasteiger charge is 2.23. The molecule has 0 saturated carbocycles. The van der Waals surface area contributed by atoms with Crippen molar-refractivity contribution in [2.75, 3.05) is 12.9 Å². The summed E-state index contributed by atoms with van der Waals surface area (Å²) in [6.45, 7) is 4.44. The van der Waals surface area contributed by atoms with Crippen molar-refractivity contribution >= 4 is 29.3 Å². The molecule has 150 valence electrons. The summed E-state index contributed by atoms with van der Waals surface area (Å²) in [5.74, 6) is -1.17. The molecule has 0 amide bonds. The van der Waals surface area contributed by atoms with Gasteiger partial charge in [-0.05, 0) is 44.7 Å². The molecule has 7 nitrogen and oxygen atoms in total. The number of Topliss-reactive ketones (excluding diaryl/α,β-unsaturated/α-hetero) is 2. The zero-order valence-electron chi connectivity index (χ0n) is 16.6. The van der Waals surface area contributed by atoms with E-state index in [-0.39, 0.29) is 17.2 Å². The third-order valence-corrected chi connectivity index (χ3v) is 5.19. The zero-order valence-corrected chi connectivity index (χ0v) is 17.4. The SMILES string of the molecule is CSc1ncc(C(=O)OCC(=O)c2[nH]c(C)c(C(C)=O)c2C)n1-c1ccccc1. The Kier molecular flexibility index (Phi) is 6.03. The second-order valence-corrected chi connectivity index (χ2v) is 7.25. The summed E-state index contributed by atoms with van der Waals surface area (Å²) >= 11 is 1.40. The predicted molar refractivity (Wildman–Crippen MR) is 110 cm³/mol. The number of esters is 1. The minimum Gasteiger partial charge on any atom is -0.452 e. The quantitative estimate of drug-likeness (QED) is 0.361. The fourth-order valence-electron chi connectivity index (χ4n) is 3.28. The lowest BCUT2D eigenvalue weighted by Crippen LogP contribution is -2.18. The minimum absolute atomic E-state index is 0.122. The number of nitrogens with zero attached hydrogens (tertiary/aromatic N) is 2. The van der Waals surface area contributed by atoms with E-state index in [2.05, 4.69) is 9.97 Å². The fourth-order valence-corrected chi connectivity index (χ4v) is 3.83. The van der Waals surface area contributed by atoms with Crippen molar-refractivity contribution in [3.05, 3.63) is 64.7 Å². The maximum absolute atomic E-state index is 12.7. The Morgan fingerprint density at radius 1 is 1.17 bits per heavy atom. The van der Waals surface area contributed by atoms with Gasteiger partial charge in [0.25, 0.3) is 0 Å². The molecule has 0 spiro atoms. The van der Waals surface area contributed by atoms with Crippen molar-refractivity contribution in [3.63, 3.8) is 0 Å². The number of hydrogen-bond donors (Lipinski definition) is 1. The molecule has 0 saturated heterocycles. The maximum atomic E-state index is 12.7. The standard InChI is InChI=1S/C21H21N3O4S/c1-12-18(14(3)25)13(2)23-19(12)17(26)11-28-20(27)16-10-22-21(29-4)24(16)15-8-6-5-7-9-15/h5-10,23H,11H2,1-4H3. The molecule has 2 heterocycles. The van der Waals surface area contributed by atoms with Crippen LogP contribution < -0.4 is 0 Å². The van der Waals surface area contributed by atoms with Gasteiger partial charge >= 0.3 is 5.97 Å². The Hall–Kier alpha value is -3.13. The average Bonchev–Trinajstić information content (AvgIpc) is 3.27. The lowest BCUT2D eigenvalue weighted by Gasteiger charge is -2.10. The first-order chi connectivity index (χ1) is 13.8. The number of H-pyrrole nitrogens is 1. The number of nitrogens with one attached hydrogen (secondary N) is 1. The summed E-state index contributed by atoms with van der Waals surface area (Å²) < 4.78 is 6.96. The van der Waals surface area contributed by atoms with Gasteiger partial charge in [-0.3, -0.25) is 14.2 Å². The van der Waals surface area contributed by atoms with Crippen LogP contribution >= 0.6 is 11.8 Å². The van der Waals surface area contributed by atoms with Crippen molar-refractivity contribution in [3.8, 4) is 5.69 Å². The number of aromatic amines is 1. The molecule has 0 bridgehead atoms. The average molecular weight is 411 g/mol. The third-order valence-electron chi connectivity index (χ3n) is 4.54. The number of aromatic nitrogens is 3. The number of hydrogen-bond acceptors (Lipinski definition) is 6. The number of ketones is 2. The molecule has 3 aromatic rings. The van der Waals surface area contributed by atoms with Gasteiger partial charge in [-0.25, -0.2) is 9.78 Å². The normalized spacial score (nSPS) is 10.8. The molecular weight excluding hydrogens is 390 g/mol. The molecular formula is C21H21N3O4S. The van der Waals surface area contributed by atoms with Gasteiger partial charge in [-0.2, -0.15) is 0 Å². The lowest BCUT2D eigenvalue weighted by atomic mass is 10.1. The van der Waals surface area contributed by atoms with E-state index in [1.54, 1.807) is 18.4 Å². The molecule has 0 fully saturated rings. The van der Waals surface area contributed by atoms with Crippen LogP contribution in [0.1, 0.15) is 49.5 Å². The van der Waals surface area contributed by atoms with Crippen LogP contribution in [-0.4, -0.2) is 44.9 Å². The number of benzene rings is 1. The number of rotatable bonds is 7. The third kappa shape index (κ3) is 4.02. The number of ether oxygens (including phenoxy) is 1. The van der Waals surface area contributed by atoms with Crippen molar-refractivity contribution in [2.24, 2.45) is 0 Å². The highest BCUT2D eigenvalue weighted by molar-refractivity contribution is 7.98. The molecule has 1 N–H and O–H groups in total. The number of thioether (sulfide) groups is 1. The van der Waals surface area contributed by atoms with E-state index in [1.807, 2.05) is 36.6 Å². The second-order valence-electron chi connectivity index (χ2n) is 6.48. The van der Waals surface area contributed by atoms with Crippen molar-refractivity contribution in [2.45, 2.75) is 25.9 Å². The van der Waals surface area contributed by atoms with E-state index in [0.29, 0.717) is 22.0 Å². The highest BCUT2D eigenvalue weighted by Crippen LogP contribution is 2.23. The van der Waals surface area contributed by atoms with Crippen LogP contribution in [0.3, 0.4) is 0 Å². The highest BCUT2D eigenvalue weighted by atomic mass is 32.2. The van der Waals surface area contributed by atoms with E-state index in [9.17, 15) is 14.4 Å². The lowest BCUT2D eigenvalue weighted by molar-refractivity contribution is 0.0464. The largest absolute Gasteiger partial charge is 0.452 e. The van der Waals surface area contributed by atoms with Crippen molar-refractivity contribution < 1.29 is 19.1 Å². The zero-order chi connectivity index (χ0) is 21.1. The van der Waals surface area contributed by atoms with Crippen LogP contribution in [0.5, 0.6) is 0 Å². The Labute approximate surface area is 172 Å². The topological polar surface area (TPSA) is 94.1 Å². The van der Waals surface area contributed by atoms with Crippen molar-refractivity contribution in [1.29, 1.82) is 0 Å². The summed E-state index contributed by atoms with van der Waals surface area (Å²) in [6, 6.07) is 9.32. The Bertz CT molecular complexity index is 1080. The first-order valence-electron chi connectivity index (χ1n) is 8.92. The van der Waals surface area contributed by atoms with Gasteiger partial charge in [0.15, 0.2) is 23.2 Å². The Morgan fingerprint density at radius 2 is 1.86 bits per heavy atom. The number of aryl methyl sites for hydroxylation is 1. The van der Waals surface area contributed by atoms with Crippen LogP contribution in [0.2, 0.25) is 0 Å². The van der Waals surface area contributed by atoms with Gasteiger partial charge < -0.3 is 9.72 Å². The van der Waals surface area contributed by atoms with Gasteiger partial charge in [0, 0.05) is 16.9 Å². The van der Waals surface area contributed by atoms with Crippen LogP contribution in [-0.2, 0) is 4.74 Å². The fraction of sp³-hybridized carbons (Fsp3) is 0.238. The number of imidazole rings is 1. The minimum atomic E-state index is -0.650. The summed E-state index contributed by atoms with van der Waals surface area (Å²) in [5.41, 5.74) is 2.96. The molecule has 2 aromatic heterocycles. The summed E-state index contributed by atoms with van der Waals surface area (Å²) in [7, 11) is 0. The molecule has 1 aromatic carbocycles. The summed E-state index contributed by atoms with van der Waals surface area (Å²) in [5, 5.41) is 0.636. The molecule has 3 rings (SSSR count). The van der Waals surface area contributed by atoms with E-state index >= 15 is 0 Å². The first-order valence-corrected chi connectivity index (χ1v) is 10.1. The van der Waals surface area contributed by atoms with E-state index in [1.165, 1.54) is 24.9 Å². The van der Waals surface area contributed by atoms with Gasteiger partial charge in [0.1, 0.15) is 0 Å². The van der Waals surface area contributed by atoms with E-state index < -0.39 is 18.4 Å². The van der Waals surface area contributed by atoms with Crippen molar-refractivity contribution in [1.82, 2.24) is 14.5 Å². The molecule has 29 heavy (non-hydrogen) atoms. The first kappa shape index (κ1) is 20.6. The smallest absolute Gasteiger partial charge is 0.357 e. The molecule has 0 aliphatic carbocycles. The number of carbonyl (C=O) groups is 3. The van der Waals surface area contributed by atoms with Crippen LogP contribution in [0.4, 0.5) is 0 Å². The van der Waals surface area contributed by atoms with Gasteiger partial charge in [-0.1, -0.05) is 30.0 Å². The Morgan fingerprint density at radius 3 is 2.45 bits per heavy atom. The molecule has 0 unspecified atom stereocenters. The number of carbonyl (C=O) groups excluding carboxylic acids is 3. The van der Waals surface area contributed by atoms with E-state index in [4.69, 9.17) is 4.74 Å². The Balaban J connectivity index is 1.81. The van der Waals surface area contributed by atoms with Gasteiger partial charge in [0.2, 0.25) is 5.78 Å². The van der Waals surface area contributed by atoms with E-state index in [0.717, 1.165) is 5.69 Å². The second kappa shape index (κ2) is 8.48. The molecule has 0 atom stereocenters. The van der Waals surface area contributed by atoms with Crippen LogP contribution in [0.15, 0.2) is 41.7 Å². The van der Waals surface area contributed by atoms with Crippen LogP contribution in [0, 0.1) is 13.8 Å². The maximum Gasteiger partial charge on any atom is 0.357 e. The molecule has 8 heteroatoms. The molecule has 0 radical (unpaired) electrons. The summed E-state index contributed by atoms with van der Waals surface area (Å²) in [4.78, 5) is 44.2. The number of para-hydroxylation sites is 1. The van der Waals surface area contributed by atoms with Crippen LogP contribution in [0.25, 0.3) is 5.69 Å². The van der Waals surface area contributed by atoms with Gasteiger partial charge in [-0.15, -0.1) is 0 Å².